The van der Waals surface area contributed by atoms with Gasteiger partial charge in [0.05, 0.1) is 19.6 Å². The smallest absolute Gasteiger partial charge is 0.344 e. The molecule has 1 N–H and O–H groups in total. The van der Waals surface area contributed by atoms with E-state index in [0.29, 0.717) is 26.1 Å². The van der Waals surface area contributed by atoms with Gasteiger partial charge in [0.2, 0.25) is 0 Å². The molecule has 0 saturated heterocycles. The molecule has 0 heterocycles. The lowest BCUT2D eigenvalue weighted by Gasteiger charge is -2.10. The second kappa shape index (κ2) is 16.0. The van der Waals surface area contributed by atoms with Crippen molar-refractivity contribution in [3.8, 4) is 0 Å². The molecule has 0 aromatic rings. The zero-order valence-electron chi connectivity index (χ0n) is 15.5. The first-order chi connectivity index (χ1) is 12.9. The van der Waals surface area contributed by atoms with Crippen molar-refractivity contribution in [2.75, 3.05) is 53.9 Å². The third-order valence-electron chi connectivity index (χ3n) is 2.83. The van der Waals surface area contributed by atoms with Crippen molar-refractivity contribution >= 4 is 23.9 Å². The number of ether oxygens (including phenoxy) is 6. The maximum Gasteiger partial charge on any atom is 0.344 e. The molecule has 0 aliphatic heterocycles. The van der Waals surface area contributed by atoms with Crippen molar-refractivity contribution in [3.63, 3.8) is 0 Å². The standard InChI is InChI=1S/C16H26O11/c1-22-5-3-7-24-14(19)10-26-13(18)9-12(17)16(21)27-11-15(20)25-8-4-6-23-2/h12,17H,3-11H2,1-2H3. The Bertz CT molecular complexity index is 463. The Morgan fingerprint density at radius 2 is 1.19 bits per heavy atom. The number of carbonyl (C=O) groups excluding carboxylic acids is 4. The molecule has 0 radical (unpaired) electrons. The van der Waals surface area contributed by atoms with Gasteiger partial charge in [0.15, 0.2) is 19.3 Å². The summed E-state index contributed by atoms with van der Waals surface area (Å²) < 4.78 is 28.1. The van der Waals surface area contributed by atoms with E-state index in [9.17, 15) is 24.3 Å². The highest BCUT2D eigenvalue weighted by molar-refractivity contribution is 5.84. The number of rotatable bonds is 15. The fourth-order valence-electron chi connectivity index (χ4n) is 1.53. The summed E-state index contributed by atoms with van der Waals surface area (Å²) in [5.41, 5.74) is 0. The fraction of sp³-hybridized carbons (Fsp3) is 0.750. The molecule has 11 heteroatoms. The summed E-state index contributed by atoms with van der Waals surface area (Å²) >= 11 is 0. The number of hydrogen-bond donors (Lipinski definition) is 1. The van der Waals surface area contributed by atoms with Crippen molar-refractivity contribution in [2.24, 2.45) is 0 Å². The molecule has 0 spiro atoms. The summed E-state index contributed by atoms with van der Waals surface area (Å²) in [5, 5.41) is 9.54. The Hall–Kier alpha value is -2.24. The van der Waals surface area contributed by atoms with Crippen molar-refractivity contribution in [3.05, 3.63) is 0 Å². The van der Waals surface area contributed by atoms with Crippen LogP contribution < -0.4 is 0 Å². The molecule has 0 aliphatic carbocycles. The maximum atomic E-state index is 11.5. The van der Waals surface area contributed by atoms with Crippen molar-refractivity contribution < 1.29 is 52.7 Å². The van der Waals surface area contributed by atoms with Gasteiger partial charge >= 0.3 is 23.9 Å². The summed E-state index contributed by atoms with van der Waals surface area (Å²) in [4.78, 5) is 45.5. The van der Waals surface area contributed by atoms with Crippen LogP contribution in [0.3, 0.4) is 0 Å². The van der Waals surface area contributed by atoms with Crippen molar-refractivity contribution in [2.45, 2.75) is 25.4 Å². The molecule has 0 bridgehead atoms. The highest BCUT2D eigenvalue weighted by Gasteiger charge is 2.23. The van der Waals surface area contributed by atoms with Gasteiger partial charge in [0.1, 0.15) is 0 Å². The molecular weight excluding hydrogens is 368 g/mol. The summed E-state index contributed by atoms with van der Waals surface area (Å²) in [7, 11) is 3.01. The van der Waals surface area contributed by atoms with E-state index in [-0.39, 0.29) is 13.2 Å². The number of methoxy groups -OCH3 is 2. The van der Waals surface area contributed by atoms with Gasteiger partial charge in [0.25, 0.3) is 0 Å². The van der Waals surface area contributed by atoms with Crippen LogP contribution in [0.2, 0.25) is 0 Å². The van der Waals surface area contributed by atoms with Crippen LogP contribution >= 0.6 is 0 Å². The van der Waals surface area contributed by atoms with Gasteiger partial charge in [-0.1, -0.05) is 0 Å². The van der Waals surface area contributed by atoms with Crippen molar-refractivity contribution in [1.29, 1.82) is 0 Å². The molecule has 0 fully saturated rings. The quantitative estimate of drug-likeness (QED) is 0.207. The minimum absolute atomic E-state index is 0.0979. The predicted molar refractivity (Wildman–Crippen MR) is 87.4 cm³/mol. The van der Waals surface area contributed by atoms with Gasteiger partial charge in [-0.2, -0.15) is 0 Å². The second-order valence-electron chi connectivity index (χ2n) is 5.12. The van der Waals surface area contributed by atoms with E-state index in [0.717, 1.165) is 0 Å². The maximum absolute atomic E-state index is 11.5. The van der Waals surface area contributed by atoms with Gasteiger partial charge in [0, 0.05) is 40.3 Å². The van der Waals surface area contributed by atoms with Crippen LogP contribution in [0.4, 0.5) is 0 Å². The first kappa shape index (κ1) is 24.8. The molecule has 156 valence electrons. The molecule has 0 amide bonds. The topological polar surface area (TPSA) is 144 Å². The monoisotopic (exact) mass is 394 g/mol. The number of carbonyl (C=O) groups is 4. The van der Waals surface area contributed by atoms with Crippen LogP contribution in [0.5, 0.6) is 0 Å². The zero-order valence-corrected chi connectivity index (χ0v) is 15.5. The van der Waals surface area contributed by atoms with Crippen LogP contribution in [-0.4, -0.2) is 88.9 Å². The summed E-state index contributed by atoms with van der Waals surface area (Å²) in [5.74, 6) is -3.77. The van der Waals surface area contributed by atoms with E-state index in [1.807, 2.05) is 0 Å². The molecule has 0 rings (SSSR count). The Kier molecular flexibility index (Phi) is 14.6. The highest BCUT2D eigenvalue weighted by atomic mass is 16.6. The Morgan fingerprint density at radius 1 is 0.704 bits per heavy atom. The lowest BCUT2D eigenvalue weighted by Crippen LogP contribution is -2.29. The second-order valence-corrected chi connectivity index (χ2v) is 5.12. The third kappa shape index (κ3) is 14.6. The Labute approximate surface area is 156 Å². The van der Waals surface area contributed by atoms with E-state index < -0.39 is 49.6 Å². The molecule has 0 aromatic heterocycles. The Morgan fingerprint density at radius 3 is 1.67 bits per heavy atom. The minimum Gasteiger partial charge on any atom is -0.463 e. The summed E-state index contributed by atoms with van der Waals surface area (Å²) in [6.45, 7) is -0.314. The molecule has 0 aliphatic rings. The van der Waals surface area contributed by atoms with Crippen LogP contribution in [0.15, 0.2) is 0 Å². The molecule has 11 nitrogen and oxygen atoms in total. The van der Waals surface area contributed by atoms with Gasteiger partial charge in [-0.05, 0) is 0 Å². The van der Waals surface area contributed by atoms with E-state index in [4.69, 9.17) is 18.9 Å². The SMILES string of the molecule is COCCCOC(=O)COC(=O)CC(O)C(=O)OCC(=O)OCCCOC. The zero-order chi connectivity index (χ0) is 20.5. The average molecular weight is 394 g/mol. The molecule has 0 saturated carbocycles. The molecular formula is C16H26O11. The molecule has 1 atom stereocenters. The van der Waals surface area contributed by atoms with E-state index in [1.54, 1.807) is 0 Å². The molecule has 1 unspecified atom stereocenters. The lowest BCUT2D eigenvalue weighted by molar-refractivity contribution is -0.168. The first-order valence-corrected chi connectivity index (χ1v) is 8.20. The van der Waals surface area contributed by atoms with Crippen LogP contribution in [0.1, 0.15) is 19.3 Å². The number of esters is 4. The van der Waals surface area contributed by atoms with Gasteiger partial charge in [-0.3, -0.25) is 4.79 Å². The normalized spacial score (nSPS) is 11.4. The first-order valence-electron chi connectivity index (χ1n) is 8.20. The number of hydrogen-bond acceptors (Lipinski definition) is 11. The number of aliphatic hydroxyl groups excluding tert-OH is 1. The van der Waals surface area contributed by atoms with Crippen LogP contribution in [-0.2, 0) is 47.6 Å². The third-order valence-corrected chi connectivity index (χ3v) is 2.83. The average Bonchev–Trinajstić information content (AvgIpc) is 2.65. The van der Waals surface area contributed by atoms with E-state index in [2.05, 4.69) is 9.47 Å². The Balaban J connectivity index is 3.88. The van der Waals surface area contributed by atoms with E-state index in [1.165, 1.54) is 14.2 Å². The highest BCUT2D eigenvalue weighted by Crippen LogP contribution is 1.99. The number of aliphatic hydroxyl groups is 1. The van der Waals surface area contributed by atoms with Gasteiger partial charge in [-0.15, -0.1) is 0 Å². The largest absolute Gasteiger partial charge is 0.463 e. The fourth-order valence-corrected chi connectivity index (χ4v) is 1.53. The predicted octanol–water partition coefficient (Wildman–Crippen LogP) is -1.02. The summed E-state index contributed by atoms with van der Waals surface area (Å²) in [6, 6.07) is 0. The molecule has 0 aromatic carbocycles. The van der Waals surface area contributed by atoms with Crippen molar-refractivity contribution in [1.82, 2.24) is 0 Å². The minimum atomic E-state index is -1.84. The lowest BCUT2D eigenvalue weighted by atomic mass is 10.2. The van der Waals surface area contributed by atoms with E-state index >= 15 is 0 Å². The van der Waals surface area contributed by atoms with Crippen LogP contribution in [0.25, 0.3) is 0 Å². The van der Waals surface area contributed by atoms with Gasteiger partial charge in [-0.25, -0.2) is 14.4 Å². The van der Waals surface area contributed by atoms with Gasteiger partial charge < -0.3 is 33.5 Å². The van der Waals surface area contributed by atoms with Crippen LogP contribution in [0, 0.1) is 0 Å². The summed E-state index contributed by atoms with van der Waals surface area (Å²) in [6.07, 6.45) is -1.59. The molecule has 27 heavy (non-hydrogen) atoms.